The van der Waals surface area contributed by atoms with Crippen LogP contribution in [0.5, 0.6) is 0 Å². The number of nitrogens with one attached hydrogen (secondary N) is 2. The first kappa shape index (κ1) is 28.6. The van der Waals surface area contributed by atoms with E-state index in [1.54, 1.807) is 0 Å². The molecule has 4 rings (SSSR count). The standard InChI is InChI=1S/C28H37F2N3O4S/c1-26(2,3)24(37)33-25-32-23-18(11-22(36)31-13-15-8-16(29)10-17(30)9-15)27(4)7-6-21(35)28(5,14-34)20(27)12-19(23)38-25/h8-10,18,20-21,34-35H,6-7,11-14H2,1-5H3,(H,31,36)(H,32,33,37). The quantitative estimate of drug-likeness (QED) is 0.423. The fraction of sp³-hybridized carbons (Fsp3) is 0.607. The second kappa shape index (κ2) is 10.3. The molecular formula is C28H37F2N3O4S. The molecule has 1 heterocycles. The van der Waals surface area contributed by atoms with Gasteiger partial charge in [-0.15, -0.1) is 11.3 Å². The van der Waals surface area contributed by atoms with Crippen LogP contribution in [-0.4, -0.2) is 39.7 Å². The van der Waals surface area contributed by atoms with Crippen molar-refractivity contribution in [3.05, 3.63) is 46.0 Å². The average Bonchev–Trinajstić information content (AvgIpc) is 3.22. The average molecular weight is 550 g/mol. The van der Waals surface area contributed by atoms with Crippen LogP contribution in [0.1, 0.15) is 75.9 Å². The normalized spacial score (nSPS) is 28.8. The summed E-state index contributed by atoms with van der Waals surface area (Å²) >= 11 is 1.37. The summed E-state index contributed by atoms with van der Waals surface area (Å²) in [5.41, 5.74) is -0.760. The van der Waals surface area contributed by atoms with E-state index in [9.17, 15) is 28.6 Å². The largest absolute Gasteiger partial charge is 0.396 e. The molecule has 10 heteroatoms. The van der Waals surface area contributed by atoms with Gasteiger partial charge in [-0.3, -0.25) is 9.59 Å². The molecule has 1 aromatic carbocycles. The molecule has 0 spiro atoms. The molecule has 0 bridgehead atoms. The number of aliphatic hydroxyl groups is 2. The molecule has 2 aromatic rings. The zero-order valence-corrected chi connectivity index (χ0v) is 23.3. The summed E-state index contributed by atoms with van der Waals surface area (Å²) in [5, 5.41) is 27.4. The van der Waals surface area contributed by atoms with Gasteiger partial charge >= 0.3 is 0 Å². The van der Waals surface area contributed by atoms with Gasteiger partial charge in [-0.05, 0) is 48.3 Å². The van der Waals surface area contributed by atoms with Crippen LogP contribution < -0.4 is 10.6 Å². The highest BCUT2D eigenvalue weighted by Gasteiger charge is 2.59. The van der Waals surface area contributed by atoms with Gasteiger partial charge in [0.2, 0.25) is 11.8 Å². The Morgan fingerprint density at radius 2 is 1.84 bits per heavy atom. The van der Waals surface area contributed by atoms with Crippen molar-refractivity contribution in [2.45, 2.75) is 78.9 Å². The van der Waals surface area contributed by atoms with Crippen LogP contribution in [0.3, 0.4) is 0 Å². The number of aromatic nitrogens is 1. The molecule has 0 radical (unpaired) electrons. The molecule has 2 aliphatic rings. The fourth-order valence-electron chi connectivity index (χ4n) is 6.16. The number of amides is 2. The number of benzene rings is 1. The Labute approximate surface area is 226 Å². The van der Waals surface area contributed by atoms with Crippen LogP contribution >= 0.6 is 11.3 Å². The maximum Gasteiger partial charge on any atom is 0.231 e. The number of fused-ring (bicyclic) bond motifs is 2. The molecule has 1 aromatic heterocycles. The number of hydrogen-bond acceptors (Lipinski definition) is 6. The number of anilines is 1. The van der Waals surface area contributed by atoms with E-state index in [0.29, 0.717) is 30.0 Å². The van der Waals surface area contributed by atoms with Gasteiger partial charge in [0.15, 0.2) is 5.13 Å². The first-order valence-corrected chi connectivity index (χ1v) is 13.8. The maximum absolute atomic E-state index is 13.6. The molecule has 5 unspecified atom stereocenters. The van der Waals surface area contributed by atoms with Gasteiger partial charge in [0.25, 0.3) is 0 Å². The van der Waals surface area contributed by atoms with Gasteiger partial charge in [-0.1, -0.05) is 34.6 Å². The molecule has 2 amide bonds. The molecule has 38 heavy (non-hydrogen) atoms. The van der Waals surface area contributed by atoms with Crippen LogP contribution in [0.2, 0.25) is 0 Å². The predicted octanol–water partition coefficient (Wildman–Crippen LogP) is 4.53. The van der Waals surface area contributed by atoms with Gasteiger partial charge < -0.3 is 20.8 Å². The van der Waals surface area contributed by atoms with E-state index in [0.717, 1.165) is 16.6 Å². The Morgan fingerprint density at radius 1 is 1.18 bits per heavy atom. The molecule has 1 fully saturated rings. The number of rotatable bonds is 6. The highest BCUT2D eigenvalue weighted by molar-refractivity contribution is 7.15. The van der Waals surface area contributed by atoms with Crippen molar-refractivity contribution < 1.29 is 28.6 Å². The summed E-state index contributed by atoms with van der Waals surface area (Å²) in [6.45, 7) is 9.21. The third-order valence-corrected chi connectivity index (χ3v) is 9.61. The SMILES string of the molecule is CC(C)(C)C(=O)Nc1nc2c(s1)CC1C(C)(CO)C(O)CCC1(C)C2CC(=O)NCc1cc(F)cc(F)c1. The summed E-state index contributed by atoms with van der Waals surface area (Å²) in [6, 6.07) is 3.14. The third kappa shape index (κ3) is 5.35. The number of halogens is 2. The van der Waals surface area contributed by atoms with Gasteiger partial charge in [0.1, 0.15) is 11.6 Å². The minimum absolute atomic E-state index is 0.0236. The summed E-state index contributed by atoms with van der Waals surface area (Å²) in [5.74, 6) is -2.35. The van der Waals surface area contributed by atoms with Gasteiger partial charge in [-0.25, -0.2) is 13.8 Å². The van der Waals surface area contributed by atoms with Crippen LogP contribution in [-0.2, 0) is 22.6 Å². The lowest BCUT2D eigenvalue weighted by Gasteiger charge is -2.58. The molecule has 1 saturated carbocycles. The molecule has 0 aliphatic heterocycles. The number of thiazole rings is 1. The minimum Gasteiger partial charge on any atom is -0.396 e. The Morgan fingerprint density at radius 3 is 2.45 bits per heavy atom. The van der Waals surface area contributed by atoms with Gasteiger partial charge in [0.05, 0.1) is 18.4 Å². The maximum atomic E-state index is 13.6. The van der Waals surface area contributed by atoms with Crippen LogP contribution in [0.15, 0.2) is 18.2 Å². The number of carbonyl (C=O) groups is 2. The van der Waals surface area contributed by atoms with Crippen LogP contribution in [0, 0.1) is 33.8 Å². The van der Waals surface area contributed by atoms with Crippen molar-refractivity contribution in [1.82, 2.24) is 10.3 Å². The Bertz CT molecular complexity index is 1210. The Hall–Kier alpha value is -2.43. The van der Waals surface area contributed by atoms with E-state index in [4.69, 9.17) is 4.98 Å². The second-order valence-corrected chi connectivity index (χ2v) is 13.4. The highest BCUT2D eigenvalue weighted by Crippen LogP contribution is 2.62. The van der Waals surface area contributed by atoms with Gasteiger partial charge in [0, 0.05) is 40.7 Å². The Balaban J connectivity index is 1.65. The number of aliphatic hydroxyl groups excluding tert-OH is 2. The monoisotopic (exact) mass is 549 g/mol. The third-order valence-electron chi connectivity index (χ3n) is 8.60. The first-order valence-electron chi connectivity index (χ1n) is 13.0. The second-order valence-electron chi connectivity index (χ2n) is 12.3. The smallest absolute Gasteiger partial charge is 0.231 e. The zero-order valence-electron chi connectivity index (χ0n) is 22.5. The van der Waals surface area contributed by atoms with E-state index in [1.165, 1.54) is 23.5 Å². The van der Waals surface area contributed by atoms with E-state index >= 15 is 0 Å². The van der Waals surface area contributed by atoms with Gasteiger partial charge in [-0.2, -0.15) is 0 Å². The fourth-order valence-corrected chi connectivity index (χ4v) is 7.22. The van der Waals surface area contributed by atoms with Crippen molar-refractivity contribution in [3.63, 3.8) is 0 Å². The molecule has 2 aliphatic carbocycles. The lowest BCUT2D eigenvalue weighted by Crippen LogP contribution is -2.57. The highest BCUT2D eigenvalue weighted by atomic mass is 32.1. The number of carbonyl (C=O) groups excluding carboxylic acids is 2. The first-order chi connectivity index (χ1) is 17.7. The minimum atomic E-state index is -0.767. The molecule has 208 valence electrons. The predicted molar refractivity (Wildman–Crippen MR) is 141 cm³/mol. The summed E-state index contributed by atoms with van der Waals surface area (Å²) in [6.07, 6.45) is 1.09. The van der Waals surface area contributed by atoms with E-state index < -0.39 is 34.0 Å². The molecule has 4 N–H and O–H groups in total. The van der Waals surface area contributed by atoms with Crippen molar-refractivity contribution in [1.29, 1.82) is 0 Å². The van der Waals surface area contributed by atoms with Crippen molar-refractivity contribution in [3.8, 4) is 0 Å². The number of hydrogen-bond donors (Lipinski definition) is 4. The van der Waals surface area contributed by atoms with Crippen molar-refractivity contribution in [2.24, 2.45) is 22.2 Å². The zero-order chi connectivity index (χ0) is 28.0. The molecule has 7 nitrogen and oxygen atoms in total. The summed E-state index contributed by atoms with van der Waals surface area (Å²) < 4.78 is 27.2. The molecule has 5 atom stereocenters. The molecule has 0 saturated heterocycles. The summed E-state index contributed by atoms with van der Waals surface area (Å²) in [7, 11) is 0. The van der Waals surface area contributed by atoms with E-state index in [2.05, 4.69) is 17.6 Å². The summed E-state index contributed by atoms with van der Waals surface area (Å²) in [4.78, 5) is 31.6. The van der Waals surface area contributed by atoms with Crippen LogP contribution in [0.25, 0.3) is 0 Å². The van der Waals surface area contributed by atoms with E-state index in [-0.39, 0.29) is 43.2 Å². The lowest BCUT2D eigenvalue weighted by atomic mass is 9.47. The Kier molecular flexibility index (Phi) is 7.73. The van der Waals surface area contributed by atoms with Crippen LogP contribution in [0.4, 0.5) is 13.9 Å². The lowest BCUT2D eigenvalue weighted by molar-refractivity contribution is -0.144. The topological polar surface area (TPSA) is 112 Å². The molecular weight excluding hydrogens is 512 g/mol. The number of nitrogens with zero attached hydrogens (tertiary/aromatic N) is 1. The van der Waals surface area contributed by atoms with Crippen molar-refractivity contribution >= 4 is 28.3 Å². The van der Waals surface area contributed by atoms with Crippen molar-refractivity contribution in [2.75, 3.05) is 11.9 Å². The van der Waals surface area contributed by atoms with E-state index in [1.807, 2.05) is 27.7 Å².